The van der Waals surface area contributed by atoms with E-state index in [9.17, 15) is 13.2 Å². The van der Waals surface area contributed by atoms with Crippen molar-refractivity contribution in [2.45, 2.75) is 64.9 Å². The summed E-state index contributed by atoms with van der Waals surface area (Å²) in [5.74, 6) is -0.496. The summed E-state index contributed by atoms with van der Waals surface area (Å²) in [6.07, 6.45) is 6.43. The van der Waals surface area contributed by atoms with Gasteiger partial charge < -0.3 is 4.74 Å². The number of hydrogen-bond donors (Lipinski definition) is 0. The third-order valence-corrected chi connectivity index (χ3v) is 6.86. The van der Waals surface area contributed by atoms with Crippen LogP contribution in [0, 0.1) is 30.3 Å². The zero-order valence-electron chi connectivity index (χ0n) is 19.3. The van der Waals surface area contributed by atoms with Gasteiger partial charge in [-0.25, -0.2) is 13.2 Å². The average Bonchev–Trinajstić information content (AvgIpc) is 2.81. The lowest BCUT2D eigenvalue weighted by molar-refractivity contribution is 0.292. The molecule has 1 aliphatic carbocycles. The molecule has 0 atom stereocenters. The van der Waals surface area contributed by atoms with E-state index in [1.807, 2.05) is 13.0 Å². The van der Waals surface area contributed by atoms with Crippen molar-refractivity contribution in [1.29, 1.82) is 0 Å². The average molecular weight is 453 g/mol. The number of ether oxygens (including phenoxy) is 1. The van der Waals surface area contributed by atoms with Gasteiger partial charge in [-0.1, -0.05) is 56.2 Å². The van der Waals surface area contributed by atoms with E-state index in [0.29, 0.717) is 16.9 Å². The van der Waals surface area contributed by atoms with Crippen LogP contribution in [0.3, 0.4) is 0 Å². The minimum atomic E-state index is -0.818. The van der Waals surface area contributed by atoms with Crippen LogP contribution in [0.5, 0.6) is 5.75 Å². The van der Waals surface area contributed by atoms with Crippen LogP contribution in [0.15, 0.2) is 54.6 Å². The third kappa shape index (κ3) is 5.43. The van der Waals surface area contributed by atoms with Crippen LogP contribution in [-0.2, 0) is 6.61 Å². The van der Waals surface area contributed by atoms with Gasteiger partial charge >= 0.3 is 0 Å². The van der Waals surface area contributed by atoms with Crippen molar-refractivity contribution in [3.63, 3.8) is 0 Å². The van der Waals surface area contributed by atoms with Gasteiger partial charge in [-0.15, -0.1) is 0 Å². The molecule has 0 aliphatic heterocycles. The van der Waals surface area contributed by atoms with Crippen LogP contribution in [0.4, 0.5) is 13.2 Å². The first kappa shape index (κ1) is 23.4. The van der Waals surface area contributed by atoms with Gasteiger partial charge in [0.15, 0.2) is 11.6 Å². The number of benzene rings is 3. The van der Waals surface area contributed by atoms with Gasteiger partial charge in [-0.05, 0) is 79.3 Å². The zero-order valence-corrected chi connectivity index (χ0v) is 19.3. The highest BCUT2D eigenvalue weighted by Gasteiger charge is 2.26. The molecular formula is C29H31F3O. The summed E-state index contributed by atoms with van der Waals surface area (Å²) in [7, 11) is 0. The van der Waals surface area contributed by atoms with E-state index in [1.54, 1.807) is 42.5 Å². The molecule has 0 spiro atoms. The highest BCUT2D eigenvalue weighted by molar-refractivity contribution is 5.65. The maximum absolute atomic E-state index is 14.9. The van der Waals surface area contributed by atoms with Crippen LogP contribution in [-0.4, -0.2) is 0 Å². The molecule has 4 rings (SSSR count). The summed E-state index contributed by atoms with van der Waals surface area (Å²) >= 11 is 0. The minimum Gasteiger partial charge on any atom is -0.489 e. The Morgan fingerprint density at radius 3 is 2.24 bits per heavy atom. The smallest absolute Gasteiger partial charge is 0.165 e. The zero-order chi connectivity index (χ0) is 23.4. The first-order valence-electron chi connectivity index (χ1n) is 11.9. The molecule has 0 amide bonds. The van der Waals surface area contributed by atoms with Gasteiger partial charge in [-0.2, -0.15) is 0 Å². The molecule has 1 aliphatic rings. The quantitative estimate of drug-likeness (QED) is 0.348. The molecule has 0 unspecified atom stereocenters. The van der Waals surface area contributed by atoms with Crippen LogP contribution < -0.4 is 4.74 Å². The van der Waals surface area contributed by atoms with E-state index in [1.165, 1.54) is 18.9 Å². The summed E-state index contributed by atoms with van der Waals surface area (Å²) in [5, 5.41) is 0. The lowest BCUT2D eigenvalue weighted by Gasteiger charge is -2.29. The number of aryl methyl sites for hydroxylation is 1. The van der Waals surface area contributed by atoms with Gasteiger partial charge in [0.25, 0.3) is 0 Å². The fraction of sp³-hybridized carbons (Fsp3) is 0.379. The largest absolute Gasteiger partial charge is 0.489 e. The summed E-state index contributed by atoms with van der Waals surface area (Å²) in [4.78, 5) is 0. The first-order valence-corrected chi connectivity index (χ1v) is 11.9. The van der Waals surface area contributed by atoms with Gasteiger partial charge in [-0.3, -0.25) is 0 Å². The molecule has 0 N–H and O–H groups in total. The van der Waals surface area contributed by atoms with E-state index in [2.05, 4.69) is 6.92 Å². The van der Waals surface area contributed by atoms with Gasteiger partial charge in [0, 0.05) is 11.1 Å². The SMILES string of the molecule is CCCC1CCC(c2ccc(COc3ccc(-c4ccc(C)cc4F)cc3)c(F)c2F)CC1. The van der Waals surface area contributed by atoms with Crippen molar-refractivity contribution < 1.29 is 17.9 Å². The summed E-state index contributed by atoms with van der Waals surface area (Å²) < 4.78 is 49.5. The lowest BCUT2D eigenvalue weighted by atomic mass is 9.77. The monoisotopic (exact) mass is 452 g/mol. The second-order valence-electron chi connectivity index (χ2n) is 9.24. The highest BCUT2D eigenvalue weighted by Crippen LogP contribution is 2.39. The molecule has 174 valence electrons. The van der Waals surface area contributed by atoms with Crippen LogP contribution >= 0.6 is 0 Å². The van der Waals surface area contributed by atoms with Crippen molar-refractivity contribution in [3.05, 3.63) is 88.7 Å². The van der Waals surface area contributed by atoms with Crippen LogP contribution in [0.25, 0.3) is 11.1 Å². The van der Waals surface area contributed by atoms with Gasteiger partial charge in [0.2, 0.25) is 0 Å². The van der Waals surface area contributed by atoms with Gasteiger partial charge in [0.1, 0.15) is 18.2 Å². The number of rotatable bonds is 7. The molecular weight excluding hydrogens is 421 g/mol. The molecule has 0 saturated heterocycles. The topological polar surface area (TPSA) is 9.23 Å². The molecule has 0 bridgehead atoms. The fourth-order valence-corrected chi connectivity index (χ4v) is 4.95. The number of halogens is 3. The van der Waals surface area contributed by atoms with Crippen molar-refractivity contribution >= 4 is 0 Å². The van der Waals surface area contributed by atoms with E-state index >= 15 is 0 Å². The molecule has 1 fully saturated rings. The van der Waals surface area contributed by atoms with Crippen molar-refractivity contribution in [2.75, 3.05) is 0 Å². The Kier molecular flexibility index (Phi) is 7.42. The second kappa shape index (κ2) is 10.5. The van der Waals surface area contributed by atoms with Crippen molar-refractivity contribution in [3.8, 4) is 16.9 Å². The first-order chi connectivity index (χ1) is 16.0. The standard InChI is InChI=1S/C29H31F3O/c1-3-4-20-6-8-22(9-7-20)26-16-12-23(28(31)29(26)32)18-33-24-13-10-21(11-14-24)25-15-5-19(2)17-27(25)30/h5,10-17,20,22H,3-4,6-9,18H2,1-2H3. The molecule has 3 aromatic carbocycles. The summed E-state index contributed by atoms with van der Waals surface area (Å²) in [6, 6.07) is 15.4. The Balaban J connectivity index is 1.40. The highest BCUT2D eigenvalue weighted by atomic mass is 19.2. The Morgan fingerprint density at radius 2 is 1.58 bits per heavy atom. The maximum atomic E-state index is 14.9. The molecule has 1 saturated carbocycles. The lowest BCUT2D eigenvalue weighted by Crippen LogP contribution is -2.15. The molecule has 33 heavy (non-hydrogen) atoms. The molecule has 1 nitrogen and oxygen atoms in total. The van der Waals surface area contributed by atoms with Crippen molar-refractivity contribution in [1.82, 2.24) is 0 Å². The van der Waals surface area contributed by atoms with Crippen molar-refractivity contribution in [2.24, 2.45) is 5.92 Å². The third-order valence-electron chi connectivity index (χ3n) is 6.86. The number of hydrogen-bond acceptors (Lipinski definition) is 1. The predicted octanol–water partition coefficient (Wildman–Crippen LogP) is 8.73. The molecule has 0 heterocycles. The van der Waals surface area contributed by atoms with E-state index in [4.69, 9.17) is 4.74 Å². The second-order valence-corrected chi connectivity index (χ2v) is 9.24. The summed E-state index contributed by atoms with van der Waals surface area (Å²) in [6.45, 7) is 3.97. The Labute approximate surface area is 194 Å². The maximum Gasteiger partial charge on any atom is 0.165 e. The molecule has 0 radical (unpaired) electrons. The normalized spacial score (nSPS) is 18.3. The van der Waals surface area contributed by atoms with Crippen LogP contribution in [0.1, 0.15) is 68.1 Å². The Hall–Kier alpha value is -2.75. The van der Waals surface area contributed by atoms with E-state index in [0.717, 1.165) is 42.7 Å². The van der Waals surface area contributed by atoms with E-state index in [-0.39, 0.29) is 23.9 Å². The Morgan fingerprint density at radius 1 is 0.848 bits per heavy atom. The summed E-state index contributed by atoms with van der Waals surface area (Å²) in [5.41, 5.74) is 2.80. The fourth-order valence-electron chi connectivity index (χ4n) is 4.95. The molecule has 3 aromatic rings. The minimum absolute atomic E-state index is 0.0650. The Bertz CT molecular complexity index is 1080. The van der Waals surface area contributed by atoms with Gasteiger partial charge in [0.05, 0.1) is 0 Å². The molecule has 0 aromatic heterocycles. The van der Waals surface area contributed by atoms with E-state index < -0.39 is 11.6 Å². The molecule has 4 heteroatoms. The van der Waals surface area contributed by atoms with Crippen LogP contribution in [0.2, 0.25) is 0 Å². The predicted molar refractivity (Wildman–Crippen MR) is 127 cm³/mol.